The number of carbonyl (C=O) groups excluding carboxylic acids is 2. The molecule has 1 heterocycles. The Hall–Kier alpha value is -2.15. The van der Waals surface area contributed by atoms with Gasteiger partial charge in [-0.15, -0.1) is 0 Å². The van der Waals surface area contributed by atoms with Crippen molar-refractivity contribution in [2.45, 2.75) is 19.0 Å². The van der Waals surface area contributed by atoms with Gasteiger partial charge in [-0.05, 0) is 6.07 Å². The smallest absolute Gasteiger partial charge is 0.237 e. The Kier molecular flexibility index (Phi) is 4.74. The van der Waals surface area contributed by atoms with Crippen molar-refractivity contribution in [1.82, 2.24) is 10.2 Å². The van der Waals surface area contributed by atoms with Crippen LogP contribution in [0, 0.1) is 5.82 Å². The van der Waals surface area contributed by atoms with Gasteiger partial charge in [0.1, 0.15) is 11.6 Å². The van der Waals surface area contributed by atoms with Gasteiger partial charge in [-0.2, -0.15) is 0 Å². The zero-order valence-electron chi connectivity index (χ0n) is 11.8. The minimum atomic E-state index is -0.655. The van der Waals surface area contributed by atoms with Gasteiger partial charge in [-0.1, -0.05) is 6.07 Å². The molecule has 0 radical (unpaired) electrons. The quantitative estimate of drug-likeness (QED) is 0.801. The van der Waals surface area contributed by atoms with Crippen molar-refractivity contribution < 1.29 is 18.7 Å². The molecule has 0 bridgehead atoms. The van der Waals surface area contributed by atoms with Gasteiger partial charge in [0, 0.05) is 31.3 Å². The molecule has 1 aliphatic rings. The van der Waals surface area contributed by atoms with E-state index in [4.69, 9.17) is 10.5 Å². The van der Waals surface area contributed by atoms with Crippen LogP contribution in [-0.4, -0.2) is 43.0 Å². The first-order valence-electron chi connectivity index (χ1n) is 6.63. The van der Waals surface area contributed by atoms with Crippen LogP contribution < -0.4 is 15.8 Å². The molecule has 2 amide bonds. The molecular formula is C14H18FN3O3. The van der Waals surface area contributed by atoms with E-state index in [9.17, 15) is 14.0 Å². The number of nitrogens with zero attached hydrogens (tertiary/aromatic N) is 1. The predicted molar refractivity (Wildman–Crippen MR) is 74.0 cm³/mol. The topological polar surface area (TPSA) is 84.7 Å². The molecule has 1 aliphatic heterocycles. The number of hydrogen-bond donors (Lipinski definition) is 2. The number of nitrogens with two attached hydrogens (primary N) is 1. The molecule has 1 fully saturated rings. The second-order valence-electron chi connectivity index (χ2n) is 4.91. The second kappa shape index (κ2) is 6.53. The number of rotatable bonds is 5. The van der Waals surface area contributed by atoms with Crippen molar-refractivity contribution in [3.8, 4) is 5.75 Å². The number of ether oxygens (including phenoxy) is 1. The van der Waals surface area contributed by atoms with E-state index in [-0.39, 0.29) is 18.9 Å². The van der Waals surface area contributed by atoms with E-state index in [1.807, 2.05) is 0 Å². The maximum absolute atomic E-state index is 14.0. The fourth-order valence-electron chi connectivity index (χ4n) is 2.37. The third-order valence-corrected chi connectivity index (χ3v) is 3.47. The first-order valence-corrected chi connectivity index (χ1v) is 6.63. The molecule has 2 rings (SSSR count). The molecule has 0 spiro atoms. The standard InChI is InChI=1S/C14H18FN3O3/c1-21-10-3-2-9(11(15)6-10)8-18-5-4-17-14(20)12(18)7-13(16)19/h2-3,6,12H,4-5,7-8H2,1H3,(H2,16,19)(H,17,20). The van der Waals surface area contributed by atoms with E-state index in [1.165, 1.54) is 13.2 Å². The van der Waals surface area contributed by atoms with E-state index in [0.717, 1.165) is 0 Å². The number of halogens is 1. The summed E-state index contributed by atoms with van der Waals surface area (Å²) in [7, 11) is 1.46. The fourth-order valence-corrected chi connectivity index (χ4v) is 2.37. The Morgan fingerprint density at radius 1 is 1.57 bits per heavy atom. The normalized spacial score (nSPS) is 19.1. The Bertz CT molecular complexity index is 550. The molecule has 1 unspecified atom stereocenters. The third-order valence-electron chi connectivity index (χ3n) is 3.47. The lowest BCUT2D eigenvalue weighted by Crippen LogP contribution is -2.55. The Morgan fingerprint density at radius 3 is 2.95 bits per heavy atom. The molecule has 7 heteroatoms. The summed E-state index contributed by atoms with van der Waals surface area (Å²) in [6.45, 7) is 1.24. The number of primary amides is 1. The molecule has 3 N–H and O–H groups in total. The van der Waals surface area contributed by atoms with Gasteiger partial charge in [0.15, 0.2) is 0 Å². The van der Waals surface area contributed by atoms with Gasteiger partial charge in [0.2, 0.25) is 11.8 Å². The van der Waals surface area contributed by atoms with E-state index < -0.39 is 17.8 Å². The van der Waals surface area contributed by atoms with Crippen LogP contribution in [0.4, 0.5) is 4.39 Å². The molecule has 21 heavy (non-hydrogen) atoms. The first kappa shape index (κ1) is 15.2. The summed E-state index contributed by atoms with van der Waals surface area (Å²) in [6.07, 6.45) is -0.0798. The largest absolute Gasteiger partial charge is 0.497 e. The second-order valence-corrected chi connectivity index (χ2v) is 4.91. The fraction of sp³-hybridized carbons (Fsp3) is 0.429. The van der Waals surface area contributed by atoms with Crippen LogP contribution in [0.1, 0.15) is 12.0 Å². The zero-order chi connectivity index (χ0) is 15.4. The van der Waals surface area contributed by atoms with Crippen LogP contribution in [0.25, 0.3) is 0 Å². The molecule has 0 saturated carbocycles. The van der Waals surface area contributed by atoms with Crippen LogP contribution in [-0.2, 0) is 16.1 Å². The molecule has 1 aromatic carbocycles. The molecule has 0 aliphatic carbocycles. The predicted octanol–water partition coefficient (Wildman–Crippen LogP) is 0.0101. The van der Waals surface area contributed by atoms with Crippen molar-refractivity contribution in [2.24, 2.45) is 5.73 Å². The summed E-state index contributed by atoms with van der Waals surface area (Å²) in [5, 5.41) is 2.68. The summed E-state index contributed by atoms with van der Waals surface area (Å²) < 4.78 is 18.9. The molecule has 1 atom stereocenters. The number of hydrogen-bond acceptors (Lipinski definition) is 4. The molecule has 6 nitrogen and oxygen atoms in total. The Morgan fingerprint density at radius 2 is 2.33 bits per heavy atom. The van der Waals surface area contributed by atoms with E-state index in [0.29, 0.717) is 24.4 Å². The maximum atomic E-state index is 14.0. The molecule has 1 saturated heterocycles. The molecule has 114 valence electrons. The van der Waals surface area contributed by atoms with E-state index in [2.05, 4.69) is 5.32 Å². The first-order chi connectivity index (χ1) is 10.0. The van der Waals surface area contributed by atoms with Crippen molar-refractivity contribution in [3.05, 3.63) is 29.6 Å². The Labute approximate surface area is 122 Å². The SMILES string of the molecule is COc1ccc(CN2CCNC(=O)C2CC(N)=O)c(F)c1. The van der Waals surface area contributed by atoms with Crippen molar-refractivity contribution in [1.29, 1.82) is 0 Å². The van der Waals surface area contributed by atoms with Gasteiger partial charge in [-0.25, -0.2) is 4.39 Å². The number of amides is 2. The minimum Gasteiger partial charge on any atom is -0.497 e. The van der Waals surface area contributed by atoms with Crippen molar-refractivity contribution >= 4 is 11.8 Å². The Balaban J connectivity index is 2.15. The highest BCUT2D eigenvalue weighted by molar-refractivity contribution is 5.88. The number of methoxy groups -OCH3 is 1. The van der Waals surface area contributed by atoms with Gasteiger partial charge in [0.05, 0.1) is 19.6 Å². The average molecular weight is 295 g/mol. The number of carbonyl (C=O) groups is 2. The lowest BCUT2D eigenvalue weighted by Gasteiger charge is -2.34. The lowest BCUT2D eigenvalue weighted by atomic mass is 10.1. The molecule has 1 aromatic rings. The number of piperazine rings is 1. The molecular weight excluding hydrogens is 277 g/mol. The van der Waals surface area contributed by atoms with Crippen molar-refractivity contribution in [3.63, 3.8) is 0 Å². The van der Waals surface area contributed by atoms with Crippen molar-refractivity contribution in [2.75, 3.05) is 20.2 Å². The van der Waals surface area contributed by atoms with Crippen LogP contribution in [0.15, 0.2) is 18.2 Å². The minimum absolute atomic E-state index is 0.0798. The molecule has 0 aromatic heterocycles. The van der Waals surface area contributed by atoms with Crippen LogP contribution in [0.2, 0.25) is 0 Å². The summed E-state index contributed by atoms with van der Waals surface area (Å²) >= 11 is 0. The average Bonchev–Trinajstić information content (AvgIpc) is 2.44. The maximum Gasteiger partial charge on any atom is 0.237 e. The van der Waals surface area contributed by atoms with Crippen LogP contribution in [0.5, 0.6) is 5.75 Å². The number of nitrogens with one attached hydrogen (secondary N) is 1. The highest BCUT2D eigenvalue weighted by atomic mass is 19.1. The van der Waals surface area contributed by atoms with E-state index in [1.54, 1.807) is 17.0 Å². The summed E-state index contributed by atoms with van der Waals surface area (Å²) in [5.41, 5.74) is 5.62. The summed E-state index contributed by atoms with van der Waals surface area (Å²) in [4.78, 5) is 24.7. The highest BCUT2D eigenvalue weighted by Crippen LogP contribution is 2.20. The van der Waals surface area contributed by atoms with E-state index >= 15 is 0 Å². The third kappa shape index (κ3) is 3.69. The van der Waals surface area contributed by atoms with Crippen LogP contribution >= 0.6 is 0 Å². The van der Waals surface area contributed by atoms with Gasteiger partial charge in [-0.3, -0.25) is 14.5 Å². The number of benzene rings is 1. The highest BCUT2D eigenvalue weighted by Gasteiger charge is 2.31. The van der Waals surface area contributed by atoms with Crippen LogP contribution in [0.3, 0.4) is 0 Å². The summed E-state index contributed by atoms with van der Waals surface area (Å²) in [5.74, 6) is -0.786. The van der Waals surface area contributed by atoms with Gasteiger partial charge in [0.25, 0.3) is 0 Å². The zero-order valence-corrected chi connectivity index (χ0v) is 11.8. The lowest BCUT2D eigenvalue weighted by molar-refractivity contribution is -0.133. The monoisotopic (exact) mass is 295 g/mol. The summed E-state index contributed by atoms with van der Waals surface area (Å²) in [6, 6.07) is 3.91. The van der Waals surface area contributed by atoms with Gasteiger partial charge >= 0.3 is 0 Å². The van der Waals surface area contributed by atoms with Gasteiger partial charge < -0.3 is 15.8 Å².